The molecule has 3 aromatic rings. The summed E-state index contributed by atoms with van der Waals surface area (Å²) < 4.78 is 2.32. The van der Waals surface area contributed by atoms with Gasteiger partial charge in [-0.1, -0.05) is 79.4 Å². The minimum atomic E-state index is -0.211. The van der Waals surface area contributed by atoms with Crippen molar-refractivity contribution in [1.29, 1.82) is 0 Å². The number of benzene rings is 3. The molecule has 0 fully saturated rings. The van der Waals surface area contributed by atoms with Gasteiger partial charge >= 0.3 is 0 Å². The molecule has 0 unspecified atom stereocenters. The maximum Gasteiger partial charge on any atom is 0.0677 e. The minimum Gasteiger partial charge on any atom is -0.0663 e. The van der Waals surface area contributed by atoms with Crippen molar-refractivity contribution >= 4 is 31.9 Å². The van der Waals surface area contributed by atoms with Crippen LogP contribution in [0.3, 0.4) is 0 Å². The van der Waals surface area contributed by atoms with E-state index in [9.17, 15) is 0 Å². The predicted octanol–water partition coefficient (Wildman–Crippen LogP) is 8.44. The van der Waals surface area contributed by atoms with E-state index in [0.29, 0.717) is 0 Å². The highest BCUT2D eigenvalue weighted by atomic mass is 79.9. The summed E-state index contributed by atoms with van der Waals surface area (Å²) in [5, 5.41) is 0. The fraction of sp³-hybridized carbons (Fsp3) is 0.241. The van der Waals surface area contributed by atoms with E-state index < -0.39 is 0 Å². The molecule has 2 heteroatoms. The molecule has 0 spiro atoms. The Bertz CT molecular complexity index is 1300. The highest BCUT2D eigenvalue weighted by molar-refractivity contribution is 9.10. The zero-order valence-electron chi connectivity index (χ0n) is 17.3. The summed E-state index contributed by atoms with van der Waals surface area (Å²) in [5.41, 5.74) is 14.8. The second-order valence-electron chi connectivity index (χ2n) is 9.41. The molecule has 4 aliphatic carbocycles. The van der Waals surface area contributed by atoms with Crippen LogP contribution in [-0.2, 0) is 18.3 Å². The molecule has 3 aromatic carbocycles. The molecule has 0 nitrogen and oxygen atoms in total. The molecule has 7 rings (SSSR count). The van der Waals surface area contributed by atoms with Gasteiger partial charge in [0.2, 0.25) is 0 Å². The third-order valence-electron chi connectivity index (χ3n) is 8.04. The van der Waals surface area contributed by atoms with E-state index in [2.05, 4.69) is 92.5 Å². The van der Waals surface area contributed by atoms with E-state index in [0.717, 1.165) is 15.4 Å². The van der Waals surface area contributed by atoms with E-state index in [1.165, 1.54) is 71.0 Å². The Morgan fingerprint density at radius 3 is 1.84 bits per heavy atom. The Balaban J connectivity index is 1.62. The van der Waals surface area contributed by atoms with Gasteiger partial charge in [-0.05, 0) is 107 Å². The lowest BCUT2D eigenvalue weighted by Crippen LogP contribution is -2.32. The Hall–Kier alpha value is -1.90. The van der Waals surface area contributed by atoms with Gasteiger partial charge in [0.15, 0.2) is 0 Å². The lowest BCUT2D eigenvalue weighted by atomic mass is 9.62. The first-order valence-electron chi connectivity index (χ1n) is 11.3. The first-order chi connectivity index (χ1) is 15.1. The lowest BCUT2D eigenvalue weighted by Gasteiger charge is -2.40. The second kappa shape index (κ2) is 6.56. The monoisotopic (exact) mass is 528 g/mol. The smallest absolute Gasteiger partial charge is 0.0663 e. The maximum absolute atomic E-state index is 3.80. The molecule has 152 valence electrons. The van der Waals surface area contributed by atoms with Gasteiger partial charge in [-0.15, -0.1) is 0 Å². The number of allylic oxidation sites excluding steroid dienone is 4. The Morgan fingerprint density at radius 1 is 0.613 bits per heavy atom. The van der Waals surface area contributed by atoms with Gasteiger partial charge in [0.25, 0.3) is 0 Å². The van der Waals surface area contributed by atoms with Crippen molar-refractivity contribution in [3.8, 4) is 11.1 Å². The largest absolute Gasteiger partial charge is 0.0677 e. The lowest BCUT2D eigenvalue weighted by molar-refractivity contribution is 0.636. The van der Waals surface area contributed by atoms with Gasteiger partial charge in [0.1, 0.15) is 0 Å². The third kappa shape index (κ3) is 2.47. The minimum absolute atomic E-state index is 0.211. The van der Waals surface area contributed by atoms with Crippen LogP contribution in [0.1, 0.15) is 53.5 Å². The topological polar surface area (TPSA) is 0 Å². The fourth-order valence-corrected chi connectivity index (χ4v) is 7.03. The van der Waals surface area contributed by atoms with Crippen LogP contribution in [0.2, 0.25) is 0 Å². The number of halogens is 2. The summed E-state index contributed by atoms with van der Waals surface area (Å²) in [7, 11) is 0. The van der Waals surface area contributed by atoms with Gasteiger partial charge in [0.05, 0.1) is 5.41 Å². The Kier molecular flexibility index (Phi) is 3.95. The maximum atomic E-state index is 3.80. The molecule has 4 aliphatic rings. The Morgan fingerprint density at radius 2 is 1.29 bits per heavy atom. The van der Waals surface area contributed by atoms with Gasteiger partial charge in [-0.2, -0.15) is 0 Å². The molecule has 0 bridgehead atoms. The zero-order chi connectivity index (χ0) is 20.7. The molecule has 0 N–H and O–H groups in total. The molecule has 0 saturated heterocycles. The van der Waals surface area contributed by atoms with Crippen molar-refractivity contribution in [3.63, 3.8) is 0 Å². The normalized spacial score (nSPS) is 19.5. The highest BCUT2D eigenvalue weighted by Crippen LogP contribution is 2.60. The SMILES string of the molecule is Brc1ccc2c(c1)C(C1=CC3=C(CC1)CC3)(c1ccc3c(c1)CC3)c1cc(Br)ccc1-2. The molecule has 0 atom stereocenters. The first kappa shape index (κ1) is 18.7. The zero-order valence-corrected chi connectivity index (χ0v) is 20.4. The summed E-state index contributed by atoms with van der Waals surface area (Å²) in [6, 6.07) is 21.1. The van der Waals surface area contributed by atoms with Crippen LogP contribution in [0.5, 0.6) is 0 Å². The van der Waals surface area contributed by atoms with Crippen molar-refractivity contribution in [2.75, 3.05) is 0 Å². The van der Waals surface area contributed by atoms with Crippen molar-refractivity contribution in [3.05, 3.63) is 114 Å². The first-order valence-corrected chi connectivity index (χ1v) is 12.9. The van der Waals surface area contributed by atoms with Crippen LogP contribution in [0, 0.1) is 0 Å². The summed E-state index contributed by atoms with van der Waals surface area (Å²) in [6.45, 7) is 0. The summed E-state index contributed by atoms with van der Waals surface area (Å²) in [4.78, 5) is 0. The molecule has 0 aromatic heterocycles. The molecular formula is C29H22Br2. The van der Waals surface area contributed by atoms with Gasteiger partial charge in [-0.25, -0.2) is 0 Å². The van der Waals surface area contributed by atoms with Crippen molar-refractivity contribution in [1.82, 2.24) is 0 Å². The molecular weight excluding hydrogens is 508 g/mol. The van der Waals surface area contributed by atoms with E-state index in [1.54, 1.807) is 16.7 Å². The average molecular weight is 530 g/mol. The van der Waals surface area contributed by atoms with Crippen LogP contribution in [0.15, 0.2) is 86.3 Å². The van der Waals surface area contributed by atoms with Gasteiger partial charge in [-0.3, -0.25) is 0 Å². The number of aryl methyl sites for hydroxylation is 2. The van der Waals surface area contributed by atoms with Crippen LogP contribution >= 0.6 is 31.9 Å². The van der Waals surface area contributed by atoms with Gasteiger partial charge in [0, 0.05) is 8.95 Å². The van der Waals surface area contributed by atoms with Crippen molar-refractivity contribution in [2.45, 2.75) is 43.9 Å². The van der Waals surface area contributed by atoms with Crippen LogP contribution in [-0.4, -0.2) is 0 Å². The van der Waals surface area contributed by atoms with Crippen LogP contribution in [0.25, 0.3) is 11.1 Å². The van der Waals surface area contributed by atoms with E-state index >= 15 is 0 Å². The number of rotatable bonds is 2. The molecule has 0 aliphatic heterocycles. The predicted molar refractivity (Wildman–Crippen MR) is 135 cm³/mol. The number of fused-ring (bicyclic) bond motifs is 4. The molecule has 0 saturated carbocycles. The summed E-state index contributed by atoms with van der Waals surface area (Å²) in [5.74, 6) is 0. The van der Waals surface area contributed by atoms with Crippen molar-refractivity contribution in [2.24, 2.45) is 0 Å². The van der Waals surface area contributed by atoms with Crippen molar-refractivity contribution < 1.29 is 0 Å². The summed E-state index contributed by atoms with van der Waals surface area (Å²) in [6.07, 6.45) is 9.93. The van der Waals surface area contributed by atoms with E-state index in [4.69, 9.17) is 0 Å². The molecule has 31 heavy (non-hydrogen) atoms. The molecule has 0 amide bonds. The highest BCUT2D eigenvalue weighted by Gasteiger charge is 2.48. The third-order valence-corrected chi connectivity index (χ3v) is 9.03. The van der Waals surface area contributed by atoms with Crippen LogP contribution < -0.4 is 0 Å². The quantitative estimate of drug-likeness (QED) is 0.312. The molecule has 0 heterocycles. The van der Waals surface area contributed by atoms with E-state index in [1.807, 2.05) is 0 Å². The van der Waals surface area contributed by atoms with Crippen LogP contribution in [0.4, 0.5) is 0 Å². The number of hydrogen-bond donors (Lipinski definition) is 0. The van der Waals surface area contributed by atoms with Gasteiger partial charge < -0.3 is 0 Å². The summed E-state index contributed by atoms with van der Waals surface area (Å²) >= 11 is 7.61. The van der Waals surface area contributed by atoms with E-state index in [-0.39, 0.29) is 5.41 Å². The average Bonchev–Trinajstić information content (AvgIpc) is 2.99. The Labute approximate surface area is 200 Å². The molecule has 0 radical (unpaired) electrons. The fourth-order valence-electron chi connectivity index (χ4n) is 6.31. The standard InChI is InChI=1S/C29H22Br2/c30-23-9-11-25-26-12-10-24(31)16-28(26)29(27(25)15-23,21-7-5-17-1-3-19(17)13-21)22-8-6-18-2-4-20(18)14-22/h5,7,9-16H,1-4,6,8H2. The number of hydrogen-bond acceptors (Lipinski definition) is 0. The second-order valence-corrected chi connectivity index (χ2v) is 11.2.